The lowest BCUT2D eigenvalue weighted by molar-refractivity contribution is -0.148. The molecule has 2 saturated carbocycles. The first-order valence-corrected chi connectivity index (χ1v) is 21.1. The SMILES string of the molecule is COC(=O)C1(Nc2cccc(Cl)c2)CCC2(CC1)C1C=C3O[C@@H]4CN(C(=O)OC(C)(C)C)C[C@@H]4OC3=CC1C[C@@H]2C[C@@H](C)COc1ccnc2c1[C@H](C)CCC2. The van der Waals surface area contributed by atoms with Crippen LogP contribution in [0.2, 0.25) is 5.02 Å². The van der Waals surface area contributed by atoms with Gasteiger partial charge in [0.05, 0.1) is 26.8 Å². The van der Waals surface area contributed by atoms with E-state index >= 15 is 0 Å². The fraction of sp³-hybridized carbons (Fsp3) is 0.622. The molecule has 7 atom stereocenters. The van der Waals surface area contributed by atoms with Crippen molar-refractivity contribution < 1.29 is 33.3 Å². The molecule has 8 rings (SSSR count). The van der Waals surface area contributed by atoms with Crippen LogP contribution in [0.25, 0.3) is 0 Å². The Balaban J connectivity index is 1.04. The Labute approximate surface area is 336 Å². The maximum absolute atomic E-state index is 13.7. The van der Waals surface area contributed by atoms with Crippen LogP contribution in [0.4, 0.5) is 10.5 Å². The van der Waals surface area contributed by atoms with Crippen LogP contribution in [-0.2, 0) is 30.2 Å². The van der Waals surface area contributed by atoms with E-state index in [1.54, 1.807) is 4.90 Å². The zero-order valence-corrected chi connectivity index (χ0v) is 34.5. The number of esters is 1. The van der Waals surface area contributed by atoms with E-state index in [1.165, 1.54) is 31.2 Å². The highest BCUT2D eigenvalue weighted by Crippen LogP contribution is 2.64. The summed E-state index contributed by atoms with van der Waals surface area (Å²) in [6.45, 7) is 11.7. The molecule has 6 aliphatic rings. The number of likely N-dealkylation sites (tertiary alicyclic amines) is 1. The summed E-state index contributed by atoms with van der Waals surface area (Å²) in [6, 6.07) is 9.60. The number of hydrogen-bond acceptors (Lipinski definition) is 9. The van der Waals surface area contributed by atoms with Crippen molar-refractivity contribution >= 4 is 29.4 Å². The summed E-state index contributed by atoms with van der Waals surface area (Å²) in [4.78, 5) is 33.0. The van der Waals surface area contributed by atoms with Crippen LogP contribution in [-0.4, -0.2) is 72.1 Å². The predicted molar refractivity (Wildman–Crippen MR) is 214 cm³/mol. The van der Waals surface area contributed by atoms with Gasteiger partial charge in [0.15, 0.2) is 23.7 Å². The van der Waals surface area contributed by atoms with Gasteiger partial charge in [0.2, 0.25) is 0 Å². The van der Waals surface area contributed by atoms with Crippen LogP contribution >= 0.6 is 11.6 Å². The van der Waals surface area contributed by atoms with E-state index < -0.39 is 11.1 Å². The average Bonchev–Trinajstić information content (AvgIpc) is 3.70. The Kier molecular flexibility index (Phi) is 10.5. The molecule has 1 N–H and O–H groups in total. The standard InChI is InChI=1S/C45H58ClN3O7/c1-27(26-53-35-13-18-47-34-12-7-9-28(2)40(34)35)19-30-20-29-21-36-37(55-39-25-49(24-38(39)54-36)42(51)56-43(3,4)5)23-33(29)44(30)14-16-45(17-15-44,41(50)52-6)48-32-11-8-10-31(46)22-32/h8,10-11,13,18,21-23,27-30,33,38-39,48H,7,9,12,14-17,19-20,24-26H2,1-6H3/t27-,28-,29?,30+,33?,38+,39-,44?,45?/m1/s1. The van der Waals surface area contributed by atoms with E-state index in [9.17, 15) is 9.59 Å². The molecule has 1 aromatic carbocycles. The summed E-state index contributed by atoms with van der Waals surface area (Å²) in [5.74, 6) is 3.91. The Bertz CT molecular complexity index is 1880. The van der Waals surface area contributed by atoms with Gasteiger partial charge in [0.1, 0.15) is 16.9 Å². The molecule has 0 bridgehead atoms. The Hall–Kier alpha value is -3.92. The summed E-state index contributed by atoms with van der Waals surface area (Å²) in [5, 5.41) is 4.20. The number of aryl methyl sites for hydroxylation is 1. The average molecular weight is 788 g/mol. The van der Waals surface area contributed by atoms with Crippen LogP contribution in [0.3, 0.4) is 0 Å². The third kappa shape index (κ3) is 7.47. The lowest BCUT2D eigenvalue weighted by atomic mass is 9.57. The number of halogens is 1. The second-order valence-electron chi connectivity index (χ2n) is 18.4. The van der Waals surface area contributed by atoms with Crippen molar-refractivity contribution in [2.75, 3.05) is 32.1 Å². The summed E-state index contributed by atoms with van der Waals surface area (Å²) in [7, 11) is 1.48. The number of anilines is 1. The molecule has 302 valence electrons. The van der Waals surface area contributed by atoms with E-state index in [-0.39, 0.29) is 41.5 Å². The number of hydrogen-bond donors (Lipinski definition) is 1. The minimum atomic E-state index is -0.866. The van der Waals surface area contributed by atoms with Gasteiger partial charge in [-0.25, -0.2) is 9.59 Å². The molecule has 4 fully saturated rings. The second-order valence-corrected chi connectivity index (χ2v) is 18.9. The Morgan fingerprint density at radius 3 is 2.50 bits per heavy atom. The minimum Gasteiger partial charge on any atom is -0.493 e. The van der Waals surface area contributed by atoms with Crippen molar-refractivity contribution in [2.45, 2.75) is 122 Å². The van der Waals surface area contributed by atoms with Crippen molar-refractivity contribution in [1.82, 2.24) is 9.88 Å². The third-order valence-corrected chi connectivity index (χ3v) is 13.7. The number of benzene rings is 1. The molecule has 0 radical (unpaired) electrons. The molecule has 1 amide bonds. The molecule has 56 heavy (non-hydrogen) atoms. The van der Waals surface area contributed by atoms with Crippen LogP contribution in [0, 0.1) is 29.1 Å². The number of amides is 1. The number of carbonyl (C=O) groups is 2. The number of nitrogens with one attached hydrogen (secondary N) is 1. The molecule has 2 aliphatic heterocycles. The zero-order valence-electron chi connectivity index (χ0n) is 33.8. The highest BCUT2D eigenvalue weighted by atomic mass is 35.5. The lowest BCUT2D eigenvalue weighted by Crippen LogP contribution is -2.53. The molecule has 2 saturated heterocycles. The molecule has 3 heterocycles. The first kappa shape index (κ1) is 38.9. The van der Waals surface area contributed by atoms with Crippen molar-refractivity contribution in [3.63, 3.8) is 0 Å². The molecule has 2 aromatic rings. The number of allylic oxidation sites excluding steroid dienone is 2. The lowest BCUT2D eigenvalue weighted by Gasteiger charge is -2.50. The fourth-order valence-corrected chi connectivity index (χ4v) is 11.0. The van der Waals surface area contributed by atoms with E-state index in [1.807, 2.05) is 57.3 Å². The predicted octanol–water partition coefficient (Wildman–Crippen LogP) is 9.23. The molecule has 1 aromatic heterocycles. The number of fused-ring (bicyclic) bond motifs is 5. The van der Waals surface area contributed by atoms with Gasteiger partial charge in [0.25, 0.3) is 0 Å². The van der Waals surface area contributed by atoms with Crippen molar-refractivity contribution in [1.29, 1.82) is 0 Å². The van der Waals surface area contributed by atoms with Crippen molar-refractivity contribution in [3.8, 4) is 5.75 Å². The molecule has 10 nitrogen and oxygen atoms in total. The first-order chi connectivity index (χ1) is 26.8. The van der Waals surface area contributed by atoms with Gasteiger partial charge in [0, 0.05) is 28.2 Å². The smallest absolute Gasteiger partial charge is 0.410 e. The fourth-order valence-electron chi connectivity index (χ4n) is 10.8. The maximum atomic E-state index is 13.7. The van der Waals surface area contributed by atoms with Gasteiger partial charge in [-0.05, 0) is 150 Å². The normalized spacial score (nSPS) is 32.3. The summed E-state index contributed by atoms with van der Waals surface area (Å²) in [6.07, 6.45) is 14.0. The molecule has 11 heteroatoms. The number of aromatic nitrogens is 1. The quantitative estimate of drug-likeness (QED) is 0.262. The largest absolute Gasteiger partial charge is 0.493 e. The van der Waals surface area contributed by atoms with E-state index in [0.29, 0.717) is 55.3 Å². The van der Waals surface area contributed by atoms with Crippen LogP contribution in [0.15, 0.2) is 60.2 Å². The molecule has 2 unspecified atom stereocenters. The van der Waals surface area contributed by atoms with Crippen molar-refractivity contribution in [3.05, 3.63) is 76.5 Å². The summed E-state index contributed by atoms with van der Waals surface area (Å²) < 4.78 is 31.1. The molecular weight excluding hydrogens is 730 g/mol. The molecule has 4 aliphatic carbocycles. The van der Waals surface area contributed by atoms with Crippen LogP contribution < -0.4 is 10.1 Å². The zero-order chi connectivity index (χ0) is 39.4. The van der Waals surface area contributed by atoms with E-state index in [4.69, 9.17) is 40.3 Å². The topological polar surface area (TPSA) is 108 Å². The number of rotatable bonds is 8. The highest BCUT2D eigenvalue weighted by Gasteiger charge is 2.60. The number of pyridine rings is 1. The number of methoxy groups -OCH3 is 1. The van der Waals surface area contributed by atoms with Crippen LogP contribution in [0.1, 0.15) is 103 Å². The Morgan fingerprint density at radius 1 is 1.07 bits per heavy atom. The molecular formula is C45H58ClN3O7. The monoisotopic (exact) mass is 787 g/mol. The number of carbonyl (C=O) groups excluding carboxylic acids is 2. The van der Waals surface area contributed by atoms with E-state index in [0.717, 1.165) is 55.1 Å². The number of ether oxygens (including phenoxy) is 5. The van der Waals surface area contributed by atoms with Gasteiger partial charge in [-0.2, -0.15) is 0 Å². The first-order valence-electron chi connectivity index (χ1n) is 20.7. The second kappa shape index (κ2) is 15.1. The van der Waals surface area contributed by atoms with Gasteiger partial charge >= 0.3 is 12.1 Å². The van der Waals surface area contributed by atoms with Crippen molar-refractivity contribution in [2.24, 2.45) is 29.1 Å². The summed E-state index contributed by atoms with van der Waals surface area (Å²) in [5.41, 5.74) is 1.75. The van der Waals surface area contributed by atoms with Gasteiger partial charge in [-0.3, -0.25) is 4.98 Å². The van der Waals surface area contributed by atoms with E-state index in [2.05, 4.69) is 31.3 Å². The highest BCUT2D eigenvalue weighted by molar-refractivity contribution is 6.30. The summed E-state index contributed by atoms with van der Waals surface area (Å²) >= 11 is 6.38. The Morgan fingerprint density at radius 2 is 1.80 bits per heavy atom. The third-order valence-electron chi connectivity index (χ3n) is 13.5. The van der Waals surface area contributed by atoms with Gasteiger partial charge < -0.3 is 33.9 Å². The van der Waals surface area contributed by atoms with Crippen LogP contribution in [0.5, 0.6) is 5.75 Å². The van der Waals surface area contributed by atoms with Gasteiger partial charge in [-0.15, -0.1) is 0 Å². The molecule has 1 spiro atoms. The van der Waals surface area contributed by atoms with Gasteiger partial charge in [-0.1, -0.05) is 31.5 Å². The maximum Gasteiger partial charge on any atom is 0.410 e. The minimum absolute atomic E-state index is 0.0791. The number of nitrogens with zero attached hydrogens (tertiary/aromatic N) is 2.